The molecule has 0 atom stereocenters. The van der Waals surface area contributed by atoms with Crippen LogP contribution in [-0.4, -0.2) is 18.7 Å². The molecule has 0 N–H and O–H groups in total. The zero-order valence-corrected chi connectivity index (χ0v) is 7.55. The van der Waals surface area contributed by atoms with Crippen molar-refractivity contribution in [1.29, 1.82) is 0 Å². The summed E-state index contributed by atoms with van der Waals surface area (Å²) in [5, 5.41) is 24.7. The number of hydrogen-bond acceptors (Lipinski definition) is 6. The second-order valence-electron chi connectivity index (χ2n) is 0.713. The van der Waals surface area contributed by atoms with Crippen LogP contribution in [0.25, 0.3) is 0 Å². The van der Waals surface area contributed by atoms with Crippen molar-refractivity contribution < 1.29 is 65.3 Å². The summed E-state index contributed by atoms with van der Waals surface area (Å²) in [6.45, 7) is 0. The monoisotopic (exact) mass is 386 g/mol. The fourth-order valence-corrected chi connectivity index (χ4v) is 0. The van der Waals surface area contributed by atoms with Crippen LogP contribution >= 0.6 is 0 Å². The first-order valence-electron chi connectivity index (χ1n) is 1.79. The van der Waals surface area contributed by atoms with E-state index in [1.807, 2.05) is 0 Å². The quantitative estimate of drug-likeness (QED) is 0.347. The van der Waals surface area contributed by atoms with Crippen molar-refractivity contribution in [3.63, 3.8) is 0 Å². The molecule has 0 aromatic heterocycles. The molecule has 0 unspecified atom stereocenters. The normalized spacial score (nSPS) is 5.77. The van der Waals surface area contributed by atoms with Gasteiger partial charge in [-0.15, -0.1) is 0 Å². The molecule has 0 amide bonds. The van der Waals surface area contributed by atoms with E-state index < -0.39 is 18.7 Å². The Morgan fingerprint density at radius 2 is 0.692 bits per heavy atom. The van der Waals surface area contributed by atoms with Gasteiger partial charge in [-0.2, -0.15) is 13.2 Å². The van der Waals surface area contributed by atoms with E-state index in [0.29, 0.717) is 0 Å². The molecule has 0 rings (SSSR count). The largest absolute Gasteiger partial charge is 3.00 e. The van der Waals surface area contributed by atoms with Gasteiger partial charge in [0.15, 0.2) is 0 Å². The van der Waals surface area contributed by atoms with E-state index in [2.05, 4.69) is 0 Å². The van der Waals surface area contributed by atoms with Crippen LogP contribution in [0.4, 0.5) is 27.6 Å². The summed E-state index contributed by atoms with van der Waals surface area (Å²) in [6.07, 6.45) is -7.75. The second kappa shape index (κ2) is 17.1. The molecule has 0 aromatic carbocycles. The van der Waals surface area contributed by atoms with Gasteiger partial charge in [0, 0.05) is 0 Å². The molecule has 0 heterocycles. The third-order valence-electron chi connectivity index (χ3n) is 0. The third-order valence-corrected chi connectivity index (χ3v) is 0. The summed E-state index contributed by atoms with van der Waals surface area (Å²) in [4.78, 5) is 24.7. The first-order valence-corrected chi connectivity index (χ1v) is 1.79. The maximum absolute atomic E-state index is 9.81. The Hall–Kier alpha value is -1.06. The predicted molar refractivity (Wildman–Crippen MR) is 19.5 cm³/mol. The Kier molecular flexibility index (Phi) is 29.9. The summed E-state index contributed by atoms with van der Waals surface area (Å²) in [6, 6.07) is 0. The van der Waals surface area contributed by atoms with E-state index in [1.165, 1.54) is 0 Å². The van der Waals surface area contributed by atoms with E-state index in [4.69, 9.17) is 29.7 Å². The van der Waals surface area contributed by atoms with Crippen molar-refractivity contribution in [2.75, 3.05) is 0 Å². The number of carbonyl (C=O) groups is 3. The minimum absolute atomic E-state index is 0. The molecular weight excluding hydrogens is 386 g/mol. The van der Waals surface area contributed by atoms with Crippen molar-refractivity contribution >= 4 is 18.7 Å². The fraction of sp³-hybridized carbons (Fsp3) is 0. The van der Waals surface area contributed by atoms with Crippen molar-refractivity contribution in [2.45, 2.75) is 0 Å². The third kappa shape index (κ3) is 779. The van der Waals surface area contributed by atoms with Crippen LogP contribution in [0.1, 0.15) is 0 Å². The van der Waals surface area contributed by atoms with Gasteiger partial charge in [0.1, 0.15) is 0 Å². The average Bonchev–Trinajstić information content (AvgIpc) is 1.54. The molecule has 0 spiro atoms. The van der Waals surface area contributed by atoms with Crippen molar-refractivity contribution in [3.05, 3.63) is 0 Å². The van der Waals surface area contributed by atoms with Gasteiger partial charge in [-0.25, -0.2) is 0 Å². The van der Waals surface area contributed by atoms with E-state index in [0.717, 1.165) is 0 Å². The first kappa shape index (κ1) is 22.7. The first-order chi connectivity index (χ1) is 5.20. The Morgan fingerprint density at radius 1 is 0.692 bits per heavy atom. The Labute approximate surface area is 84.5 Å². The Morgan fingerprint density at radius 3 is 0.692 bits per heavy atom. The Bertz CT molecular complexity index is 121. The van der Waals surface area contributed by atoms with Gasteiger partial charge in [0.2, 0.25) is 18.7 Å². The average molecular weight is 386 g/mol. The van der Waals surface area contributed by atoms with Gasteiger partial charge < -0.3 is 29.7 Å². The molecule has 0 fully saturated rings. The maximum Gasteiger partial charge on any atom is 3.00 e. The maximum atomic E-state index is 9.81. The summed E-state index contributed by atoms with van der Waals surface area (Å²) in [5.41, 5.74) is 0. The van der Waals surface area contributed by atoms with Gasteiger partial charge in [-0.05, 0) is 0 Å². The van der Waals surface area contributed by atoms with E-state index in [1.54, 1.807) is 0 Å². The molecule has 13 heavy (non-hydrogen) atoms. The number of halogens is 3. The van der Waals surface area contributed by atoms with Crippen LogP contribution in [0.2, 0.25) is 0 Å². The standard InChI is InChI=1S/3CHFO2.Au/c3*2-1(3)4;/h3*(H,3,4);/q;;;+3/p-3. The SMILES string of the molecule is O=C([O-])F.O=C([O-])F.O=C([O-])F.[Au+3]. The molecule has 0 aliphatic rings. The summed E-state index contributed by atoms with van der Waals surface area (Å²) in [7, 11) is 0. The smallest absolute Gasteiger partial charge is 0.520 e. The molecule has 0 aliphatic carbocycles. The van der Waals surface area contributed by atoms with Gasteiger partial charge in [0.05, 0.1) is 0 Å². The van der Waals surface area contributed by atoms with E-state index >= 15 is 0 Å². The van der Waals surface area contributed by atoms with E-state index in [9.17, 15) is 13.2 Å². The molecule has 0 saturated carbocycles. The van der Waals surface area contributed by atoms with Crippen molar-refractivity contribution in [3.8, 4) is 0 Å². The van der Waals surface area contributed by atoms with Crippen LogP contribution in [0.3, 0.4) is 0 Å². The molecular formula is C3AuF3O6. The molecule has 0 aliphatic heterocycles. The number of carbonyl (C=O) groups excluding carboxylic acids is 3. The van der Waals surface area contributed by atoms with Crippen LogP contribution in [0.15, 0.2) is 0 Å². The number of carboxylic acid groups (broad SMARTS) is 3. The second-order valence-corrected chi connectivity index (χ2v) is 0.713. The van der Waals surface area contributed by atoms with Crippen LogP contribution in [0.5, 0.6) is 0 Å². The summed E-state index contributed by atoms with van der Waals surface area (Å²) < 4.78 is 29.4. The van der Waals surface area contributed by atoms with E-state index in [-0.39, 0.29) is 22.4 Å². The number of rotatable bonds is 0. The van der Waals surface area contributed by atoms with Crippen LogP contribution in [-0.2, 0) is 22.4 Å². The van der Waals surface area contributed by atoms with Gasteiger partial charge in [-0.3, -0.25) is 0 Å². The molecule has 0 aromatic rings. The summed E-state index contributed by atoms with van der Waals surface area (Å²) in [5.74, 6) is 0. The molecule has 6 nitrogen and oxygen atoms in total. The molecule has 80 valence electrons. The molecule has 0 bridgehead atoms. The summed E-state index contributed by atoms with van der Waals surface area (Å²) >= 11 is 0. The molecule has 0 saturated heterocycles. The minimum atomic E-state index is -2.58. The van der Waals surface area contributed by atoms with Gasteiger partial charge in [0.25, 0.3) is 0 Å². The Balaban J connectivity index is -0.0000000450. The fourth-order valence-electron chi connectivity index (χ4n) is 0. The van der Waals surface area contributed by atoms with Gasteiger partial charge in [-0.1, -0.05) is 0 Å². The van der Waals surface area contributed by atoms with Crippen LogP contribution < -0.4 is 15.3 Å². The zero-order chi connectivity index (χ0) is 10.7. The molecule has 0 radical (unpaired) electrons. The topological polar surface area (TPSA) is 120 Å². The predicted octanol–water partition coefficient (Wildman–Crippen LogP) is -2.10. The molecule has 10 heteroatoms. The van der Waals surface area contributed by atoms with Crippen LogP contribution in [0, 0.1) is 0 Å². The van der Waals surface area contributed by atoms with Gasteiger partial charge >= 0.3 is 22.4 Å². The van der Waals surface area contributed by atoms with Crippen molar-refractivity contribution in [2.24, 2.45) is 0 Å². The number of hydrogen-bond donors (Lipinski definition) is 0. The van der Waals surface area contributed by atoms with Crippen molar-refractivity contribution in [1.82, 2.24) is 0 Å². The zero-order valence-electron chi connectivity index (χ0n) is 5.38. The minimum Gasteiger partial charge on any atom is -0.520 e.